The summed E-state index contributed by atoms with van der Waals surface area (Å²) in [6, 6.07) is 13.4. The Hall–Kier alpha value is -4.73. The number of nitrogens with two attached hydrogens (primary N) is 1. The Labute approximate surface area is 200 Å². The number of aromatic nitrogens is 3. The van der Waals surface area contributed by atoms with Gasteiger partial charge >= 0.3 is 0 Å². The molecule has 6 N–H and O–H groups in total. The molecule has 0 saturated heterocycles. The predicted octanol–water partition coefficient (Wildman–Crippen LogP) is 3.31. The molecule has 4 aromatic rings. The summed E-state index contributed by atoms with van der Waals surface area (Å²) in [6.45, 7) is 2.35. The molecule has 5 rings (SSSR count). The average molecular weight is 471 g/mol. The molecule has 0 saturated carbocycles. The zero-order valence-electron chi connectivity index (χ0n) is 18.8. The van der Waals surface area contributed by atoms with Crippen molar-refractivity contribution < 1.29 is 9.18 Å². The Balaban J connectivity index is 1.31. The van der Waals surface area contributed by atoms with Crippen molar-refractivity contribution in [3.8, 4) is 11.1 Å². The van der Waals surface area contributed by atoms with E-state index in [-0.39, 0.29) is 17.8 Å². The van der Waals surface area contributed by atoms with Gasteiger partial charge in [0.15, 0.2) is 5.82 Å². The monoisotopic (exact) mass is 470 g/mol. The van der Waals surface area contributed by atoms with Gasteiger partial charge in [-0.15, -0.1) is 0 Å². The number of fused-ring (bicyclic) bond motifs is 1. The second-order valence-electron chi connectivity index (χ2n) is 8.13. The van der Waals surface area contributed by atoms with Gasteiger partial charge in [-0.2, -0.15) is 0 Å². The third-order valence-electron chi connectivity index (χ3n) is 5.59. The molecule has 0 aliphatic carbocycles. The summed E-state index contributed by atoms with van der Waals surface area (Å²) in [6.07, 6.45) is 5.02. The third-order valence-corrected chi connectivity index (χ3v) is 5.59. The molecule has 1 atom stereocenters. The molecule has 0 bridgehead atoms. The van der Waals surface area contributed by atoms with Crippen molar-refractivity contribution in [2.75, 3.05) is 11.1 Å². The number of hydrogen-bond acceptors (Lipinski definition) is 7. The Morgan fingerprint density at radius 1 is 1.11 bits per heavy atom. The highest BCUT2D eigenvalue weighted by Gasteiger charge is 2.21. The molecular formula is C25H23FN8O. The minimum atomic E-state index is -0.369. The first-order valence-electron chi connectivity index (χ1n) is 11.0. The molecule has 0 spiro atoms. The lowest BCUT2D eigenvalue weighted by Gasteiger charge is -2.22. The number of aliphatic imine (C=N–C) groups is 1. The first-order chi connectivity index (χ1) is 17.0. The quantitative estimate of drug-likeness (QED) is 0.294. The average Bonchev–Trinajstić information content (AvgIpc) is 3.30. The fourth-order valence-electron chi connectivity index (χ4n) is 3.82. The van der Waals surface area contributed by atoms with Crippen molar-refractivity contribution in [1.29, 1.82) is 0 Å². The van der Waals surface area contributed by atoms with Gasteiger partial charge in [-0.25, -0.2) is 19.4 Å². The molecule has 176 valence electrons. The summed E-state index contributed by atoms with van der Waals surface area (Å²) < 4.78 is 13.2. The van der Waals surface area contributed by atoms with E-state index in [4.69, 9.17) is 5.73 Å². The van der Waals surface area contributed by atoms with Crippen LogP contribution >= 0.6 is 0 Å². The molecule has 1 amide bonds. The number of anilines is 2. The molecule has 9 nitrogen and oxygen atoms in total. The van der Waals surface area contributed by atoms with E-state index in [0.29, 0.717) is 35.2 Å². The molecule has 3 heterocycles. The van der Waals surface area contributed by atoms with E-state index >= 15 is 0 Å². The molecule has 1 aliphatic rings. The highest BCUT2D eigenvalue weighted by atomic mass is 19.1. The number of hydrogen-bond donors (Lipinski definition) is 5. The van der Waals surface area contributed by atoms with Crippen LogP contribution in [0.5, 0.6) is 0 Å². The zero-order valence-corrected chi connectivity index (χ0v) is 18.8. The summed E-state index contributed by atoms with van der Waals surface area (Å²) in [5.41, 5.74) is 10.4. The van der Waals surface area contributed by atoms with Crippen LogP contribution in [-0.2, 0) is 11.3 Å². The van der Waals surface area contributed by atoms with E-state index in [1.165, 1.54) is 30.6 Å². The molecule has 1 unspecified atom stereocenters. The van der Waals surface area contributed by atoms with Crippen LogP contribution in [0.3, 0.4) is 0 Å². The van der Waals surface area contributed by atoms with Crippen LogP contribution in [0.1, 0.15) is 12.5 Å². The van der Waals surface area contributed by atoms with Crippen molar-refractivity contribution in [2.45, 2.75) is 19.5 Å². The molecule has 0 fully saturated rings. The number of benzene rings is 2. The van der Waals surface area contributed by atoms with Crippen LogP contribution < -0.4 is 21.7 Å². The van der Waals surface area contributed by atoms with Crippen molar-refractivity contribution in [3.05, 3.63) is 84.0 Å². The molecule has 1 aliphatic heterocycles. The van der Waals surface area contributed by atoms with E-state index < -0.39 is 0 Å². The summed E-state index contributed by atoms with van der Waals surface area (Å²) in [7, 11) is 0. The molecular weight excluding hydrogens is 447 g/mol. The number of halogens is 1. The van der Waals surface area contributed by atoms with Crippen LogP contribution in [0.2, 0.25) is 0 Å². The van der Waals surface area contributed by atoms with Gasteiger partial charge in [0.05, 0.1) is 11.4 Å². The lowest BCUT2D eigenvalue weighted by Crippen LogP contribution is -2.39. The number of nitrogen functional groups attached to an aromatic ring is 1. The number of aromatic amines is 1. The van der Waals surface area contributed by atoms with Crippen LogP contribution in [-0.4, -0.2) is 33.1 Å². The summed E-state index contributed by atoms with van der Waals surface area (Å²) in [5.74, 6) is 0.115. The number of carbonyl (C=O) groups is 1. The zero-order chi connectivity index (χ0) is 24.4. The fraction of sp³-hybridized carbons (Fsp3) is 0.120. The topological polar surface area (TPSA) is 133 Å². The molecule has 0 radical (unpaired) electrons. The van der Waals surface area contributed by atoms with E-state index in [1.807, 2.05) is 37.4 Å². The first kappa shape index (κ1) is 22.1. The van der Waals surface area contributed by atoms with Crippen molar-refractivity contribution in [1.82, 2.24) is 25.6 Å². The van der Waals surface area contributed by atoms with Gasteiger partial charge in [-0.1, -0.05) is 24.3 Å². The standard InChI is InChI=1S/C25H23FN8O/c1-14-10-28-24(21(33-14)25(35)34-18-8-6-17(26)7-9-18)29-11-15-2-4-16(5-3-15)19-12-30-23-20(19)22(27)31-13-32-23/h2-10,12-14,29,33H,11H2,1H3,(H,34,35)(H3,27,30,31,32). The van der Waals surface area contributed by atoms with Crippen LogP contribution in [0.4, 0.5) is 15.9 Å². The number of amides is 1. The third kappa shape index (κ3) is 4.67. The second-order valence-corrected chi connectivity index (χ2v) is 8.13. The van der Waals surface area contributed by atoms with E-state index in [0.717, 1.165) is 22.1 Å². The Morgan fingerprint density at radius 2 is 1.89 bits per heavy atom. The van der Waals surface area contributed by atoms with E-state index in [2.05, 4.69) is 35.9 Å². The maximum atomic E-state index is 13.2. The van der Waals surface area contributed by atoms with Gasteiger partial charge < -0.3 is 26.7 Å². The minimum absolute atomic E-state index is 0.110. The number of nitrogens with one attached hydrogen (secondary N) is 4. The summed E-state index contributed by atoms with van der Waals surface area (Å²) in [5, 5.41) is 9.92. The Kier molecular flexibility index (Phi) is 5.84. The molecule has 2 aromatic carbocycles. The van der Waals surface area contributed by atoms with Gasteiger partial charge in [0.2, 0.25) is 0 Å². The lowest BCUT2D eigenvalue weighted by atomic mass is 10.0. The normalized spacial score (nSPS) is 15.2. The van der Waals surface area contributed by atoms with Crippen LogP contribution in [0, 0.1) is 5.82 Å². The maximum absolute atomic E-state index is 13.2. The predicted molar refractivity (Wildman–Crippen MR) is 134 cm³/mol. The second kappa shape index (κ2) is 9.26. The maximum Gasteiger partial charge on any atom is 0.275 e. The van der Waals surface area contributed by atoms with Gasteiger partial charge in [0, 0.05) is 30.2 Å². The van der Waals surface area contributed by atoms with Gasteiger partial charge in [-0.3, -0.25) is 4.79 Å². The number of H-pyrrole nitrogens is 1. The van der Waals surface area contributed by atoms with Crippen molar-refractivity contribution in [2.24, 2.45) is 4.99 Å². The molecule has 10 heteroatoms. The van der Waals surface area contributed by atoms with Gasteiger partial charge in [0.1, 0.15) is 29.3 Å². The summed E-state index contributed by atoms with van der Waals surface area (Å²) >= 11 is 0. The van der Waals surface area contributed by atoms with E-state index in [9.17, 15) is 9.18 Å². The fourth-order valence-corrected chi connectivity index (χ4v) is 3.82. The molecule has 35 heavy (non-hydrogen) atoms. The Morgan fingerprint density at radius 3 is 2.66 bits per heavy atom. The lowest BCUT2D eigenvalue weighted by molar-refractivity contribution is -0.113. The van der Waals surface area contributed by atoms with E-state index in [1.54, 1.807) is 6.21 Å². The van der Waals surface area contributed by atoms with Gasteiger partial charge in [0.25, 0.3) is 5.91 Å². The smallest absolute Gasteiger partial charge is 0.275 e. The van der Waals surface area contributed by atoms with Crippen LogP contribution in [0.15, 0.2) is 77.6 Å². The number of carbonyl (C=O) groups excluding carboxylic acids is 1. The van der Waals surface area contributed by atoms with Crippen molar-refractivity contribution in [3.63, 3.8) is 0 Å². The van der Waals surface area contributed by atoms with Gasteiger partial charge in [-0.05, 0) is 42.3 Å². The number of nitrogens with zero attached hydrogens (tertiary/aromatic N) is 3. The largest absolute Gasteiger partial charge is 0.383 e. The summed E-state index contributed by atoms with van der Waals surface area (Å²) in [4.78, 5) is 28.7. The molecule has 2 aromatic heterocycles. The number of rotatable bonds is 6. The van der Waals surface area contributed by atoms with Crippen LogP contribution in [0.25, 0.3) is 22.2 Å². The highest BCUT2D eigenvalue weighted by Crippen LogP contribution is 2.30. The SMILES string of the molecule is CC1C=NC(NCc2ccc(-c3c[nH]c4ncnc(N)c34)cc2)=C(C(=O)Nc2ccc(F)cc2)N1. The minimum Gasteiger partial charge on any atom is -0.383 e. The van der Waals surface area contributed by atoms with Crippen molar-refractivity contribution >= 4 is 34.7 Å². The Bertz CT molecular complexity index is 1440. The first-order valence-corrected chi connectivity index (χ1v) is 11.0. The highest BCUT2D eigenvalue weighted by molar-refractivity contribution is 6.04.